The van der Waals surface area contributed by atoms with E-state index in [4.69, 9.17) is 9.47 Å². The predicted molar refractivity (Wildman–Crippen MR) is 75.2 cm³/mol. The monoisotopic (exact) mass is 276 g/mol. The Morgan fingerprint density at radius 3 is 2.65 bits per heavy atom. The summed E-state index contributed by atoms with van der Waals surface area (Å²) in [6.07, 6.45) is 5.91. The first-order valence-electron chi connectivity index (χ1n) is 7.18. The Kier molecular flexibility index (Phi) is 5.16. The molecule has 20 heavy (non-hydrogen) atoms. The van der Waals surface area contributed by atoms with Crippen molar-refractivity contribution in [1.82, 2.24) is 0 Å². The lowest BCUT2D eigenvalue weighted by molar-refractivity contribution is -0.140. The Balaban J connectivity index is 2.10. The van der Waals surface area contributed by atoms with Crippen LogP contribution in [0.5, 0.6) is 11.5 Å². The summed E-state index contributed by atoms with van der Waals surface area (Å²) in [6, 6.07) is 4.84. The third-order valence-corrected chi connectivity index (χ3v) is 3.55. The molecule has 0 radical (unpaired) electrons. The van der Waals surface area contributed by atoms with Gasteiger partial charge in [0.1, 0.15) is 6.29 Å². The van der Waals surface area contributed by atoms with Gasteiger partial charge in [-0.05, 0) is 38.0 Å². The van der Waals surface area contributed by atoms with Gasteiger partial charge in [0, 0.05) is 5.56 Å². The van der Waals surface area contributed by atoms with Crippen molar-refractivity contribution in [2.24, 2.45) is 5.92 Å². The summed E-state index contributed by atoms with van der Waals surface area (Å²) in [5, 5.41) is 0. The van der Waals surface area contributed by atoms with E-state index in [1.54, 1.807) is 18.2 Å². The number of ether oxygens (including phenoxy) is 2. The largest absolute Gasteiger partial charge is 0.490 e. The van der Waals surface area contributed by atoms with Crippen LogP contribution < -0.4 is 9.47 Å². The van der Waals surface area contributed by atoms with E-state index in [2.05, 4.69) is 0 Å². The lowest BCUT2D eigenvalue weighted by Gasteiger charge is -2.20. The molecule has 1 aliphatic carbocycles. The number of benzene rings is 1. The molecule has 0 unspecified atom stereocenters. The van der Waals surface area contributed by atoms with Crippen molar-refractivity contribution in [1.29, 1.82) is 0 Å². The molecule has 0 atom stereocenters. The molecule has 0 saturated heterocycles. The average Bonchev–Trinajstić information content (AvgIpc) is 2.50. The molecular weight excluding hydrogens is 256 g/mol. The van der Waals surface area contributed by atoms with Gasteiger partial charge in [-0.15, -0.1) is 0 Å². The smallest absolute Gasteiger partial charge is 0.314 e. The van der Waals surface area contributed by atoms with Gasteiger partial charge in [-0.3, -0.25) is 9.59 Å². The fraction of sp³-hybridized carbons (Fsp3) is 0.500. The standard InChI is InChI=1S/C16H20O4/c1-2-19-15-10-12(11-17)8-9-14(15)20-16(18)13-6-4-3-5-7-13/h8-11,13H,2-7H2,1H3. The number of esters is 1. The molecule has 0 spiro atoms. The van der Waals surface area contributed by atoms with Crippen LogP contribution in [0.15, 0.2) is 18.2 Å². The maximum atomic E-state index is 12.1. The Morgan fingerprint density at radius 2 is 2.00 bits per heavy atom. The van der Waals surface area contributed by atoms with E-state index in [1.807, 2.05) is 6.92 Å². The molecule has 1 aromatic carbocycles. The minimum absolute atomic E-state index is 0.0102. The fourth-order valence-electron chi connectivity index (χ4n) is 2.48. The Labute approximate surface area is 119 Å². The van der Waals surface area contributed by atoms with Crippen LogP contribution in [-0.2, 0) is 4.79 Å². The zero-order chi connectivity index (χ0) is 14.4. The van der Waals surface area contributed by atoms with Crippen LogP contribution in [0.2, 0.25) is 0 Å². The quantitative estimate of drug-likeness (QED) is 0.470. The van der Waals surface area contributed by atoms with E-state index < -0.39 is 0 Å². The Bertz CT molecular complexity index is 475. The minimum Gasteiger partial charge on any atom is -0.490 e. The number of rotatable bonds is 5. The average molecular weight is 276 g/mol. The summed E-state index contributed by atoms with van der Waals surface area (Å²) < 4.78 is 10.9. The van der Waals surface area contributed by atoms with Crippen LogP contribution in [0.25, 0.3) is 0 Å². The Hall–Kier alpha value is -1.84. The van der Waals surface area contributed by atoms with Crippen LogP contribution in [0, 0.1) is 5.92 Å². The van der Waals surface area contributed by atoms with Gasteiger partial charge in [0.05, 0.1) is 12.5 Å². The zero-order valence-electron chi connectivity index (χ0n) is 11.8. The summed E-state index contributed by atoms with van der Waals surface area (Å²) in [5.74, 6) is 0.641. The van der Waals surface area contributed by atoms with Crippen LogP contribution in [-0.4, -0.2) is 18.9 Å². The molecule has 0 amide bonds. The van der Waals surface area contributed by atoms with E-state index in [1.165, 1.54) is 6.42 Å². The van der Waals surface area contributed by atoms with Crippen LogP contribution in [0.1, 0.15) is 49.4 Å². The van der Waals surface area contributed by atoms with Gasteiger partial charge in [0.2, 0.25) is 0 Å². The molecular formula is C16H20O4. The number of carbonyl (C=O) groups excluding carboxylic acids is 2. The van der Waals surface area contributed by atoms with Gasteiger partial charge in [0.25, 0.3) is 0 Å². The van der Waals surface area contributed by atoms with Crippen LogP contribution >= 0.6 is 0 Å². The van der Waals surface area contributed by atoms with E-state index in [9.17, 15) is 9.59 Å². The third-order valence-electron chi connectivity index (χ3n) is 3.55. The summed E-state index contributed by atoms with van der Waals surface area (Å²) in [6.45, 7) is 2.30. The first-order chi connectivity index (χ1) is 9.74. The van der Waals surface area contributed by atoms with Gasteiger partial charge in [0.15, 0.2) is 11.5 Å². The first-order valence-corrected chi connectivity index (χ1v) is 7.18. The van der Waals surface area contributed by atoms with E-state index in [0.29, 0.717) is 23.7 Å². The summed E-state index contributed by atoms with van der Waals surface area (Å²) >= 11 is 0. The molecule has 4 heteroatoms. The molecule has 1 fully saturated rings. The molecule has 0 aliphatic heterocycles. The molecule has 0 bridgehead atoms. The predicted octanol–water partition coefficient (Wildman–Crippen LogP) is 3.38. The lowest BCUT2D eigenvalue weighted by atomic mass is 9.89. The van der Waals surface area contributed by atoms with Gasteiger partial charge in [-0.25, -0.2) is 0 Å². The normalized spacial score (nSPS) is 15.7. The van der Waals surface area contributed by atoms with Crippen molar-refractivity contribution in [3.63, 3.8) is 0 Å². The lowest BCUT2D eigenvalue weighted by Crippen LogP contribution is -2.23. The van der Waals surface area contributed by atoms with Crippen molar-refractivity contribution in [2.45, 2.75) is 39.0 Å². The minimum atomic E-state index is -0.190. The number of hydrogen-bond acceptors (Lipinski definition) is 4. The second-order valence-electron chi connectivity index (χ2n) is 5.01. The van der Waals surface area contributed by atoms with Crippen molar-refractivity contribution < 1.29 is 19.1 Å². The van der Waals surface area contributed by atoms with Crippen molar-refractivity contribution in [3.05, 3.63) is 23.8 Å². The zero-order valence-corrected chi connectivity index (χ0v) is 11.8. The Morgan fingerprint density at radius 1 is 1.25 bits per heavy atom. The fourth-order valence-corrected chi connectivity index (χ4v) is 2.48. The number of hydrogen-bond donors (Lipinski definition) is 0. The SMILES string of the molecule is CCOc1cc(C=O)ccc1OC(=O)C1CCCCC1. The molecule has 1 aromatic rings. The van der Waals surface area contributed by atoms with E-state index in [-0.39, 0.29) is 11.9 Å². The third kappa shape index (κ3) is 3.59. The molecule has 1 aliphatic rings. The number of carbonyl (C=O) groups is 2. The highest BCUT2D eigenvalue weighted by atomic mass is 16.6. The van der Waals surface area contributed by atoms with Gasteiger partial charge in [-0.1, -0.05) is 19.3 Å². The highest BCUT2D eigenvalue weighted by Gasteiger charge is 2.24. The van der Waals surface area contributed by atoms with Crippen molar-refractivity contribution >= 4 is 12.3 Å². The highest BCUT2D eigenvalue weighted by molar-refractivity contribution is 5.79. The summed E-state index contributed by atoms with van der Waals surface area (Å²) in [5.41, 5.74) is 0.505. The molecule has 1 saturated carbocycles. The molecule has 2 rings (SSSR count). The number of aldehydes is 1. The topological polar surface area (TPSA) is 52.6 Å². The molecule has 108 valence electrons. The summed E-state index contributed by atoms with van der Waals surface area (Å²) in [7, 11) is 0. The molecule has 0 N–H and O–H groups in total. The van der Waals surface area contributed by atoms with Gasteiger partial charge >= 0.3 is 5.97 Å². The molecule has 0 heterocycles. The second kappa shape index (κ2) is 7.08. The van der Waals surface area contributed by atoms with Crippen molar-refractivity contribution in [3.8, 4) is 11.5 Å². The van der Waals surface area contributed by atoms with Gasteiger partial charge in [-0.2, -0.15) is 0 Å². The second-order valence-corrected chi connectivity index (χ2v) is 5.01. The van der Waals surface area contributed by atoms with E-state index in [0.717, 1.165) is 32.0 Å². The van der Waals surface area contributed by atoms with E-state index >= 15 is 0 Å². The van der Waals surface area contributed by atoms with Crippen LogP contribution in [0.4, 0.5) is 0 Å². The molecule has 0 aromatic heterocycles. The first kappa shape index (κ1) is 14.6. The van der Waals surface area contributed by atoms with Gasteiger partial charge < -0.3 is 9.47 Å². The maximum absolute atomic E-state index is 12.1. The van der Waals surface area contributed by atoms with Crippen molar-refractivity contribution in [2.75, 3.05) is 6.61 Å². The molecule has 4 nitrogen and oxygen atoms in total. The summed E-state index contributed by atoms with van der Waals surface area (Å²) in [4.78, 5) is 22.9. The maximum Gasteiger partial charge on any atom is 0.314 e. The highest BCUT2D eigenvalue weighted by Crippen LogP contribution is 2.31. The van der Waals surface area contributed by atoms with Crippen LogP contribution in [0.3, 0.4) is 0 Å².